The van der Waals surface area contributed by atoms with Gasteiger partial charge < -0.3 is 9.47 Å². The number of methoxy groups -OCH3 is 1. The summed E-state index contributed by atoms with van der Waals surface area (Å²) in [6, 6.07) is 0. The molecule has 4 rings (SSSR count). The zero-order chi connectivity index (χ0) is 12.5. The summed E-state index contributed by atoms with van der Waals surface area (Å²) < 4.78 is 10.8. The van der Waals surface area contributed by atoms with E-state index >= 15 is 0 Å². The van der Waals surface area contributed by atoms with Gasteiger partial charge >= 0.3 is 5.97 Å². The molecule has 0 aliphatic heterocycles. The first-order chi connectivity index (χ1) is 8.58. The standard InChI is InChI=1S/C15H22O3/c1-14(18-13(16)8-17-2)11-4-9-3-10-5-12(14)15(10,6-9)7-11/h9-12H,3-8H2,1-2H3. The summed E-state index contributed by atoms with van der Waals surface area (Å²) >= 11 is 0. The number of hydrogen-bond acceptors (Lipinski definition) is 3. The molecule has 0 aromatic heterocycles. The molecule has 0 aromatic carbocycles. The van der Waals surface area contributed by atoms with Crippen molar-refractivity contribution in [2.45, 2.75) is 44.6 Å². The summed E-state index contributed by atoms with van der Waals surface area (Å²) in [7, 11) is 1.55. The lowest BCUT2D eigenvalue weighted by Crippen LogP contribution is -2.52. The zero-order valence-corrected chi connectivity index (χ0v) is 11.3. The lowest BCUT2D eigenvalue weighted by atomic mass is 9.54. The van der Waals surface area contributed by atoms with Crippen LogP contribution < -0.4 is 0 Å². The van der Waals surface area contributed by atoms with Gasteiger partial charge in [0.15, 0.2) is 0 Å². The molecule has 0 aromatic rings. The van der Waals surface area contributed by atoms with Crippen molar-refractivity contribution in [1.29, 1.82) is 0 Å². The Morgan fingerprint density at radius 1 is 1.22 bits per heavy atom. The summed E-state index contributed by atoms with van der Waals surface area (Å²) in [5, 5.41) is 0. The van der Waals surface area contributed by atoms with Crippen molar-refractivity contribution in [3.05, 3.63) is 0 Å². The molecule has 0 saturated heterocycles. The van der Waals surface area contributed by atoms with Gasteiger partial charge in [-0.25, -0.2) is 4.79 Å². The minimum absolute atomic E-state index is 0.0921. The first-order valence-corrected chi connectivity index (χ1v) is 7.29. The molecule has 6 atom stereocenters. The smallest absolute Gasteiger partial charge is 0.332 e. The summed E-state index contributed by atoms with van der Waals surface area (Å²) in [6.45, 7) is 2.29. The molecular weight excluding hydrogens is 228 g/mol. The fraction of sp³-hybridized carbons (Fsp3) is 0.933. The van der Waals surface area contributed by atoms with E-state index in [9.17, 15) is 4.79 Å². The molecule has 0 radical (unpaired) electrons. The summed E-state index contributed by atoms with van der Waals surface area (Å²) in [5.41, 5.74) is 0.372. The zero-order valence-electron chi connectivity index (χ0n) is 11.3. The molecule has 3 nitrogen and oxygen atoms in total. The maximum Gasteiger partial charge on any atom is 0.332 e. The molecule has 4 fully saturated rings. The number of rotatable bonds is 3. The van der Waals surface area contributed by atoms with Gasteiger partial charge in [-0.2, -0.15) is 0 Å². The van der Waals surface area contributed by atoms with Crippen LogP contribution in [0.15, 0.2) is 0 Å². The van der Waals surface area contributed by atoms with Crippen molar-refractivity contribution in [2.24, 2.45) is 29.1 Å². The molecule has 4 aliphatic carbocycles. The molecule has 3 heteroatoms. The molecule has 3 bridgehead atoms. The van der Waals surface area contributed by atoms with Crippen LogP contribution in [0, 0.1) is 29.1 Å². The molecule has 0 amide bonds. The minimum Gasteiger partial charge on any atom is -0.457 e. The lowest BCUT2D eigenvalue weighted by Gasteiger charge is -2.52. The first kappa shape index (κ1) is 11.3. The van der Waals surface area contributed by atoms with Crippen LogP contribution in [0.25, 0.3) is 0 Å². The Morgan fingerprint density at radius 2 is 2.00 bits per heavy atom. The molecule has 1 spiro atoms. The van der Waals surface area contributed by atoms with E-state index in [-0.39, 0.29) is 18.2 Å². The molecule has 6 unspecified atom stereocenters. The highest BCUT2D eigenvalue weighted by Gasteiger charge is 2.75. The Bertz CT molecular complexity index is 407. The number of carbonyl (C=O) groups excluding carboxylic acids is 1. The molecule has 4 saturated carbocycles. The van der Waals surface area contributed by atoms with E-state index in [1.165, 1.54) is 32.1 Å². The van der Waals surface area contributed by atoms with Crippen LogP contribution >= 0.6 is 0 Å². The molecule has 18 heavy (non-hydrogen) atoms. The Kier molecular flexibility index (Phi) is 2.07. The first-order valence-electron chi connectivity index (χ1n) is 7.29. The predicted octanol–water partition coefficient (Wildman–Crippen LogP) is 2.39. The third kappa shape index (κ3) is 1.13. The van der Waals surface area contributed by atoms with Crippen LogP contribution in [0.1, 0.15) is 39.0 Å². The van der Waals surface area contributed by atoms with Gasteiger partial charge in [-0.15, -0.1) is 0 Å². The Balaban J connectivity index is 1.62. The highest BCUT2D eigenvalue weighted by Crippen LogP contribution is 2.78. The average molecular weight is 250 g/mol. The highest BCUT2D eigenvalue weighted by atomic mass is 16.6. The van der Waals surface area contributed by atoms with Crippen LogP contribution in [-0.2, 0) is 14.3 Å². The van der Waals surface area contributed by atoms with Crippen molar-refractivity contribution in [1.82, 2.24) is 0 Å². The number of ether oxygens (including phenoxy) is 2. The summed E-state index contributed by atoms with van der Waals surface area (Å²) in [5.74, 6) is 2.92. The Labute approximate surface area is 108 Å². The molecule has 4 aliphatic rings. The fourth-order valence-corrected chi connectivity index (χ4v) is 6.13. The summed E-state index contributed by atoms with van der Waals surface area (Å²) in [6.07, 6.45) is 6.76. The second kappa shape index (κ2) is 3.30. The Morgan fingerprint density at radius 3 is 2.78 bits per heavy atom. The van der Waals surface area contributed by atoms with Crippen molar-refractivity contribution in [2.75, 3.05) is 13.7 Å². The van der Waals surface area contributed by atoms with Gasteiger partial charge in [-0.05, 0) is 62.2 Å². The molecular formula is C15H22O3. The van der Waals surface area contributed by atoms with E-state index in [0.29, 0.717) is 17.3 Å². The second-order valence-electron chi connectivity index (χ2n) is 7.25. The van der Waals surface area contributed by atoms with Gasteiger partial charge in [0.2, 0.25) is 0 Å². The molecule has 100 valence electrons. The van der Waals surface area contributed by atoms with Crippen molar-refractivity contribution in [3.8, 4) is 0 Å². The quantitative estimate of drug-likeness (QED) is 0.721. The van der Waals surface area contributed by atoms with E-state index in [4.69, 9.17) is 9.47 Å². The molecule has 0 N–H and O–H groups in total. The van der Waals surface area contributed by atoms with E-state index in [1.807, 2.05) is 0 Å². The van der Waals surface area contributed by atoms with E-state index in [0.717, 1.165) is 11.8 Å². The summed E-state index contributed by atoms with van der Waals surface area (Å²) in [4.78, 5) is 11.8. The van der Waals surface area contributed by atoms with E-state index in [2.05, 4.69) is 6.92 Å². The van der Waals surface area contributed by atoms with Crippen LogP contribution in [0.4, 0.5) is 0 Å². The van der Waals surface area contributed by atoms with Gasteiger partial charge in [0.1, 0.15) is 12.2 Å². The maximum absolute atomic E-state index is 11.8. The predicted molar refractivity (Wildman–Crippen MR) is 65.9 cm³/mol. The number of hydrogen-bond donors (Lipinski definition) is 0. The highest BCUT2D eigenvalue weighted by molar-refractivity contribution is 5.71. The average Bonchev–Trinajstić information content (AvgIpc) is 2.56. The minimum atomic E-state index is -0.193. The van der Waals surface area contributed by atoms with Gasteiger partial charge in [0.05, 0.1) is 0 Å². The van der Waals surface area contributed by atoms with Crippen molar-refractivity contribution < 1.29 is 14.3 Å². The number of esters is 1. The van der Waals surface area contributed by atoms with Crippen LogP contribution in [0.2, 0.25) is 0 Å². The van der Waals surface area contributed by atoms with Gasteiger partial charge in [0, 0.05) is 13.0 Å². The largest absolute Gasteiger partial charge is 0.457 e. The Hall–Kier alpha value is -0.570. The fourth-order valence-electron chi connectivity index (χ4n) is 6.13. The van der Waals surface area contributed by atoms with Crippen molar-refractivity contribution >= 4 is 5.97 Å². The third-order valence-corrected chi connectivity index (χ3v) is 6.66. The van der Waals surface area contributed by atoms with Gasteiger partial charge in [-0.3, -0.25) is 0 Å². The monoisotopic (exact) mass is 250 g/mol. The van der Waals surface area contributed by atoms with E-state index < -0.39 is 0 Å². The van der Waals surface area contributed by atoms with Crippen LogP contribution in [-0.4, -0.2) is 25.3 Å². The molecule has 0 heterocycles. The van der Waals surface area contributed by atoms with Crippen molar-refractivity contribution in [3.63, 3.8) is 0 Å². The van der Waals surface area contributed by atoms with Crippen LogP contribution in [0.3, 0.4) is 0 Å². The van der Waals surface area contributed by atoms with Gasteiger partial charge in [-0.1, -0.05) is 0 Å². The maximum atomic E-state index is 11.8. The van der Waals surface area contributed by atoms with Crippen LogP contribution in [0.5, 0.6) is 0 Å². The topological polar surface area (TPSA) is 35.5 Å². The SMILES string of the molecule is COCC(=O)OC1(C)C2CC3CC4CC1C4(C3)C2. The number of carbonyl (C=O) groups is 1. The number of fused-ring (bicyclic) bond motifs is 2. The second-order valence-corrected chi connectivity index (χ2v) is 7.25. The lowest BCUT2D eigenvalue weighted by molar-refractivity contribution is -0.183. The normalized spacial score (nSPS) is 55.2. The van der Waals surface area contributed by atoms with Gasteiger partial charge in [0.25, 0.3) is 0 Å². The third-order valence-electron chi connectivity index (χ3n) is 6.66. The van der Waals surface area contributed by atoms with E-state index in [1.54, 1.807) is 7.11 Å².